The maximum absolute atomic E-state index is 11.3. The topological polar surface area (TPSA) is 95.1 Å². The summed E-state index contributed by atoms with van der Waals surface area (Å²) in [4.78, 5) is 6.85. The number of nitrogens with zero attached hydrogens (tertiary/aromatic N) is 1. The molecule has 0 aromatic carbocycles. The van der Waals surface area contributed by atoms with Crippen LogP contribution in [0.15, 0.2) is 12.4 Å². The number of hydrogen-bond acceptors (Lipinski definition) is 4. The largest absolute Gasteiger partial charge is 0.396 e. The number of rotatable bonds is 7. The summed E-state index contributed by atoms with van der Waals surface area (Å²) in [6.07, 6.45) is 4.10. The molecule has 0 unspecified atom stereocenters. The Morgan fingerprint density at radius 2 is 2.33 bits per heavy atom. The van der Waals surface area contributed by atoms with Crippen molar-refractivity contribution in [1.29, 1.82) is 0 Å². The Morgan fingerprint density at radius 3 is 2.93 bits per heavy atom. The molecule has 86 valence electrons. The predicted molar refractivity (Wildman–Crippen MR) is 55.8 cm³/mol. The molecule has 0 spiro atoms. The molecule has 0 saturated carbocycles. The van der Waals surface area contributed by atoms with Crippen LogP contribution < -0.4 is 4.72 Å². The number of aromatic nitrogens is 2. The van der Waals surface area contributed by atoms with Gasteiger partial charge in [0.25, 0.3) is 0 Å². The smallest absolute Gasteiger partial charge is 0.211 e. The Morgan fingerprint density at radius 1 is 1.53 bits per heavy atom. The average Bonchev–Trinajstić information content (AvgIpc) is 2.67. The Hall–Kier alpha value is -0.920. The Labute approximate surface area is 88.8 Å². The molecule has 1 rings (SSSR count). The van der Waals surface area contributed by atoms with Crippen molar-refractivity contribution >= 4 is 10.0 Å². The van der Waals surface area contributed by atoms with Crippen molar-refractivity contribution in [3.63, 3.8) is 0 Å². The van der Waals surface area contributed by atoms with E-state index in [1.807, 2.05) is 0 Å². The first-order valence-corrected chi connectivity index (χ1v) is 6.36. The summed E-state index contributed by atoms with van der Waals surface area (Å²) in [5.41, 5.74) is 0. The quantitative estimate of drug-likeness (QED) is 0.577. The number of aliphatic hydroxyl groups is 1. The van der Waals surface area contributed by atoms with Crippen molar-refractivity contribution in [2.45, 2.75) is 12.8 Å². The molecule has 0 aliphatic carbocycles. The van der Waals surface area contributed by atoms with Crippen LogP contribution >= 0.6 is 0 Å². The van der Waals surface area contributed by atoms with E-state index < -0.39 is 10.0 Å². The first-order valence-electron chi connectivity index (χ1n) is 4.70. The van der Waals surface area contributed by atoms with Crippen LogP contribution in [-0.2, 0) is 16.4 Å². The number of H-pyrrole nitrogens is 1. The Kier molecular flexibility index (Phi) is 4.73. The van der Waals surface area contributed by atoms with Crippen LogP contribution in [0.3, 0.4) is 0 Å². The highest BCUT2D eigenvalue weighted by molar-refractivity contribution is 7.89. The van der Waals surface area contributed by atoms with E-state index in [-0.39, 0.29) is 18.8 Å². The summed E-state index contributed by atoms with van der Waals surface area (Å²) in [5, 5.41) is 8.50. The zero-order valence-electron chi connectivity index (χ0n) is 8.31. The fourth-order valence-corrected chi connectivity index (χ4v) is 2.15. The van der Waals surface area contributed by atoms with Gasteiger partial charge in [0.2, 0.25) is 10.0 Å². The number of imidazole rings is 1. The summed E-state index contributed by atoms with van der Waals surface area (Å²) < 4.78 is 25.0. The summed E-state index contributed by atoms with van der Waals surface area (Å²) in [5.74, 6) is 0.710. The maximum Gasteiger partial charge on any atom is 0.211 e. The second-order valence-corrected chi connectivity index (χ2v) is 5.00. The fourth-order valence-electron chi connectivity index (χ4n) is 1.09. The molecule has 0 radical (unpaired) electrons. The van der Waals surface area contributed by atoms with Crippen molar-refractivity contribution < 1.29 is 13.5 Å². The highest BCUT2D eigenvalue weighted by Crippen LogP contribution is 1.92. The lowest BCUT2D eigenvalue weighted by molar-refractivity contribution is 0.295. The molecule has 0 amide bonds. The molecule has 0 fully saturated rings. The fraction of sp³-hybridized carbons (Fsp3) is 0.625. The molecule has 7 heteroatoms. The Bertz CT molecular complexity index is 360. The van der Waals surface area contributed by atoms with E-state index in [4.69, 9.17) is 5.11 Å². The van der Waals surface area contributed by atoms with Crippen LogP contribution in [0.1, 0.15) is 12.2 Å². The lowest BCUT2D eigenvalue weighted by atomic mass is 10.4. The van der Waals surface area contributed by atoms with Gasteiger partial charge in [-0.2, -0.15) is 0 Å². The minimum atomic E-state index is -3.25. The van der Waals surface area contributed by atoms with E-state index >= 15 is 0 Å². The van der Waals surface area contributed by atoms with E-state index in [0.29, 0.717) is 13.0 Å². The van der Waals surface area contributed by atoms with Crippen LogP contribution in [0.2, 0.25) is 0 Å². The molecule has 0 aliphatic rings. The van der Waals surface area contributed by atoms with Crippen LogP contribution in [-0.4, -0.2) is 42.4 Å². The normalized spacial score (nSPS) is 11.8. The molecular weight excluding hydrogens is 218 g/mol. The number of sulfonamides is 1. The van der Waals surface area contributed by atoms with Crippen molar-refractivity contribution in [3.8, 4) is 0 Å². The average molecular weight is 233 g/mol. The van der Waals surface area contributed by atoms with Gasteiger partial charge in [-0.05, 0) is 6.42 Å². The van der Waals surface area contributed by atoms with Gasteiger partial charge >= 0.3 is 0 Å². The van der Waals surface area contributed by atoms with Crippen molar-refractivity contribution in [2.75, 3.05) is 18.9 Å². The van der Waals surface area contributed by atoms with E-state index in [0.717, 1.165) is 5.82 Å². The molecule has 3 N–H and O–H groups in total. The molecule has 1 heterocycles. The van der Waals surface area contributed by atoms with E-state index in [1.54, 1.807) is 12.4 Å². The van der Waals surface area contributed by atoms with Gasteiger partial charge in [0.05, 0.1) is 5.75 Å². The first kappa shape index (κ1) is 12.2. The lowest BCUT2D eigenvalue weighted by Crippen LogP contribution is -2.28. The molecule has 15 heavy (non-hydrogen) atoms. The molecule has 1 aromatic heterocycles. The molecule has 1 aromatic rings. The van der Waals surface area contributed by atoms with Gasteiger partial charge in [0.15, 0.2) is 0 Å². The summed E-state index contributed by atoms with van der Waals surface area (Å²) in [6, 6.07) is 0. The second-order valence-electron chi connectivity index (χ2n) is 3.08. The second kappa shape index (κ2) is 5.84. The third-order valence-corrected chi connectivity index (χ3v) is 3.28. The molecular formula is C8H15N3O3S. The first-order chi connectivity index (χ1) is 7.14. The molecule has 0 saturated heterocycles. The minimum absolute atomic E-state index is 0.0400. The van der Waals surface area contributed by atoms with Crippen molar-refractivity contribution in [3.05, 3.63) is 18.2 Å². The summed E-state index contributed by atoms with van der Waals surface area (Å²) in [7, 11) is -3.25. The zero-order valence-corrected chi connectivity index (χ0v) is 9.13. The summed E-state index contributed by atoms with van der Waals surface area (Å²) >= 11 is 0. The summed E-state index contributed by atoms with van der Waals surface area (Å²) in [6.45, 7) is 0.209. The number of nitrogens with one attached hydrogen (secondary N) is 2. The van der Waals surface area contributed by atoms with Crippen molar-refractivity contribution in [2.24, 2.45) is 0 Å². The molecule has 0 aliphatic heterocycles. The van der Waals surface area contributed by atoms with E-state index in [2.05, 4.69) is 14.7 Å². The number of aliphatic hydroxyl groups excluding tert-OH is 1. The highest BCUT2D eigenvalue weighted by Gasteiger charge is 2.08. The van der Waals surface area contributed by atoms with Crippen molar-refractivity contribution in [1.82, 2.24) is 14.7 Å². The standard InChI is InChI=1S/C8H15N3O3S/c12-6-1-7-15(13,14)11-3-2-8-9-4-5-10-8/h4-5,11-12H,1-3,6-7H2,(H,9,10). The van der Waals surface area contributed by atoms with Crippen LogP contribution in [0.25, 0.3) is 0 Å². The third-order valence-electron chi connectivity index (χ3n) is 1.81. The molecule has 6 nitrogen and oxygen atoms in total. The van der Waals surface area contributed by atoms with Gasteiger partial charge in [0, 0.05) is 32.0 Å². The lowest BCUT2D eigenvalue weighted by Gasteiger charge is -2.04. The van der Waals surface area contributed by atoms with Crippen LogP contribution in [0.4, 0.5) is 0 Å². The number of aromatic amines is 1. The molecule has 0 atom stereocenters. The Balaban J connectivity index is 2.24. The maximum atomic E-state index is 11.3. The molecule has 0 bridgehead atoms. The van der Waals surface area contributed by atoms with E-state index in [9.17, 15) is 8.42 Å². The van der Waals surface area contributed by atoms with Gasteiger partial charge in [-0.1, -0.05) is 0 Å². The van der Waals surface area contributed by atoms with E-state index in [1.165, 1.54) is 0 Å². The highest BCUT2D eigenvalue weighted by atomic mass is 32.2. The van der Waals surface area contributed by atoms with Crippen LogP contribution in [0, 0.1) is 0 Å². The monoisotopic (exact) mass is 233 g/mol. The van der Waals surface area contributed by atoms with Gasteiger partial charge in [-0.15, -0.1) is 0 Å². The van der Waals surface area contributed by atoms with Gasteiger partial charge < -0.3 is 10.1 Å². The van der Waals surface area contributed by atoms with Gasteiger partial charge in [-0.3, -0.25) is 0 Å². The SMILES string of the molecule is O=S(=O)(CCCO)NCCc1ncc[nH]1. The van der Waals surface area contributed by atoms with Crippen LogP contribution in [0.5, 0.6) is 0 Å². The zero-order chi connectivity index (χ0) is 11.1. The minimum Gasteiger partial charge on any atom is -0.396 e. The van der Waals surface area contributed by atoms with Gasteiger partial charge in [-0.25, -0.2) is 18.1 Å². The predicted octanol–water partition coefficient (Wildman–Crippen LogP) is -0.746. The third kappa shape index (κ3) is 4.91. The van der Waals surface area contributed by atoms with Gasteiger partial charge in [0.1, 0.15) is 5.82 Å². The number of hydrogen-bond donors (Lipinski definition) is 3.